The van der Waals surface area contributed by atoms with E-state index in [1.807, 2.05) is 12.1 Å². The molecule has 0 saturated heterocycles. The van der Waals surface area contributed by atoms with Crippen LogP contribution in [-0.4, -0.2) is 24.8 Å². The molecule has 0 saturated carbocycles. The molecule has 9 heavy (non-hydrogen) atoms. The number of hydrogen-bond acceptors (Lipinski definition) is 3. The molecule has 0 bridgehead atoms. The molecular weight excluding hydrogens is 138 g/mol. The number of rotatable bonds is 1. The van der Waals surface area contributed by atoms with E-state index in [1.54, 1.807) is 12.4 Å². The van der Waals surface area contributed by atoms with Crippen LogP contribution in [-0.2, 0) is 0 Å². The molecule has 4 heteroatoms. The minimum atomic E-state index is 0.510. The van der Waals surface area contributed by atoms with E-state index in [-0.39, 0.29) is 0 Å². The highest BCUT2D eigenvalue weighted by Crippen LogP contribution is 2.05. The van der Waals surface area contributed by atoms with Crippen LogP contribution in [0, 0.1) is 0 Å². The molecule has 0 aromatic rings. The minimum Gasteiger partial charge on any atom is -0.307 e. The smallest absolute Gasteiger partial charge is 0.145 e. The third-order valence-corrected chi connectivity index (χ3v) is 1.24. The number of halogens is 1. The van der Waals surface area contributed by atoms with Crippen LogP contribution in [0.1, 0.15) is 0 Å². The van der Waals surface area contributed by atoms with Crippen molar-refractivity contribution in [2.24, 2.45) is 4.99 Å². The zero-order valence-corrected chi connectivity index (χ0v) is 5.89. The molecule has 0 atom stereocenters. The van der Waals surface area contributed by atoms with E-state index in [4.69, 9.17) is 11.6 Å². The van der Waals surface area contributed by atoms with E-state index >= 15 is 0 Å². The lowest BCUT2D eigenvalue weighted by Crippen LogP contribution is -2.32. The summed E-state index contributed by atoms with van der Waals surface area (Å²) in [4.78, 5) is 3.85. The second-order valence-electron chi connectivity index (χ2n) is 1.64. The largest absolute Gasteiger partial charge is 0.307 e. The van der Waals surface area contributed by atoms with E-state index in [0.29, 0.717) is 5.16 Å². The van der Waals surface area contributed by atoms with Crippen LogP contribution in [0.25, 0.3) is 0 Å². The third kappa shape index (κ3) is 1.69. The van der Waals surface area contributed by atoms with Crippen LogP contribution in [0.4, 0.5) is 0 Å². The fourth-order valence-corrected chi connectivity index (χ4v) is 0.773. The van der Waals surface area contributed by atoms with Gasteiger partial charge in [0, 0.05) is 13.3 Å². The zero-order chi connectivity index (χ0) is 6.69. The lowest BCUT2D eigenvalue weighted by Gasteiger charge is -2.18. The van der Waals surface area contributed by atoms with Crippen molar-refractivity contribution in [3.63, 3.8) is 0 Å². The first-order chi connectivity index (χ1) is 4.33. The Morgan fingerprint density at radius 3 is 3.11 bits per heavy atom. The fraction of sp³-hybridized carbons (Fsp3) is 0.400. The lowest BCUT2D eigenvalue weighted by atomic mass is 10.6. The summed E-state index contributed by atoms with van der Waals surface area (Å²) in [5.74, 6) is 0. The molecule has 1 aliphatic heterocycles. The maximum atomic E-state index is 5.57. The van der Waals surface area contributed by atoms with Crippen molar-refractivity contribution in [3.05, 3.63) is 11.4 Å². The molecule has 1 aliphatic rings. The normalized spacial score (nSPS) is 18.0. The number of nitrogens with one attached hydrogen (secondary N) is 1. The first-order valence-corrected chi connectivity index (χ1v) is 3.04. The summed E-state index contributed by atoms with van der Waals surface area (Å²) in [6.07, 6.45) is 3.49. The van der Waals surface area contributed by atoms with Crippen molar-refractivity contribution in [2.45, 2.75) is 0 Å². The van der Waals surface area contributed by atoms with Gasteiger partial charge in [-0.15, -0.1) is 0 Å². The summed E-state index contributed by atoms with van der Waals surface area (Å²) in [5.41, 5.74) is 2.92. The molecule has 0 aromatic heterocycles. The highest BCUT2D eigenvalue weighted by Gasteiger charge is 1.99. The second kappa shape index (κ2) is 2.85. The van der Waals surface area contributed by atoms with E-state index in [0.717, 1.165) is 6.54 Å². The Morgan fingerprint density at radius 1 is 1.89 bits per heavy atom. The Kier molecular flexibility index (Phi) is 2.08. The Bertz CT molecular complexity index is 152. The molecule has 0 amide bonds. The summed E-state index contributed by atoms with van der Waals surface area (Å²) in [7, 11) is 1.83. The van der Waals surface area contributed by atoms with E-state index in [9.17, 15) is 0 Å². The molecular formula is C5H8ClN3. The van der Waals surface area contributed by atoms with Gasteiger partial charge in [-0.1, -0.05) is 11.6 Å². The summed E-state index contributed by atoms with van der Waals surface area (Å²) < 4.78 is 0. The van der Waals surface area contributed by atoms with Gasteiger partial charge >= 0.3 is 0 Å². The van der Waals surface area contributed by atoms with Crippen molar-refractivity contribution >= 4 is 17.8 Å². The fourth-order valence-electron chi connectivity index (χ4n) is 0.586. The second-order valence-corrected chi connectivity index (χ2v) is 2.03. The minimum absolute atomic E-state index is 0.510. The summed E-state index contributed by atoms with van der Waals surface area (Å²) in [6, 6.07) is 0. The van der Waals surface area contributed by atoms with Gasteiger partial charge in [0.05, 0.1) is 12.7 Å². The first kappa shape index (κ1) is 6.58. The third-order valence-electron chi connectivity index (χ3n) is 1.04. The zero-order valence-electron chi connectivity index (χ0n) is 5.13. The molecule has 0 aliphatic carbocycles. The molecule has 0 aromatic carbocycles. The van der Waals surface area contributed by atoms with Gasteiger partial charge in [-0.05, 0) is 0 Å². The maximum Gasteiger partial charge on any atom is 0.145 e. The van der Waals surface area contributed by atoms with Crippen LogP contribution >= 0.6 is 11.6 Å². The Balaban J connectivity index is 2.55. The molecule has 1 rings (SSSR count). The standard InChI is InChI=1S/C5H8ClN3/c1-7-9-3-2-8-5(6)4-9/h2,4,7H,3H2,1H3. The van der Waals surface area contributed by atoms with E-state index < -0.39 is 0 Å². The number of hydrazine groups is 1. The topological polar surface area (TPSA) is 27.6 Å². The number of hydrogen-bond donors (Lipinski definition) is 1. The Hall–Kier alpha value is -0.540. The van der Waals surface area contributed by atoms with Crippen molar-refractivity contribution in [3.8, 4) is 0 Å². The summed E-state index contributed by atoms with van der Waals surface area (Å²) >= 11 is 5.57. The lowest BCUT2D eigenvalue weighted by molar-refractivity contribution is 0.337. The van der Waals surface area contributed by atoms with E-state index in [1.165, 1.54) is 0 Å². The van der Waals surface area contributed by atoms with Gasteiger partial charge in [-0.3, -0.25) is 0 Å². The van der Waals surface area contributed by atoms with Gasteiger partial charge in [-0.2, -0.15) is 0 Å². The molecule has 1 heterocycles. The SMILES string of the molecule is CNN1C=C(Cl)N=CC1. The van der Waals surface area contributed by atoms with Crippen molar-refractivity contribution in [1.82, 2.24) is 10.4 Å². The predicted octanol–water partition coefficient (Wildman–Crippen LogP) is 0.545. The summed E-state index contributed by atoms with van der Waals surface area (Å²) in [5, 5.41) is 2.35. The number of aliphatic imine (C=N–C) groups is 1. The van der Waals surface area contributed by atoms with Crippen LogP contribution in [0.2, 0.25) is 0 Å². The number of nitrogens with zero attached hydrogens (tertiary/aromatic N) is 2. The predicted molar refractivity (Wildman–Crippen MR) is 38.2 cm³/mol. The molecule has 0 spiro atoms. The van der Waals surface area contributed by atoms with Gasteiger partial charge < -0.3 is 5.01 Å². The molecule has 0 fully saturated rings. The van der Waals surface area contributed by atoms with E-state index in [2.05, 4.69) is 10.4 Å². The molecule has 50 valence electrons. The summed E-state index contributed by atoms with van der Waals surface area (Å²) in [6.45, 7) is 0.771. The van der Waals surface area contributed by atoms with Gasteiger partial charge in [0.15, 0.2) is 0 Å². The average molecular weight is 146 g/mol. The van der Waals surface area contributed by atoms with Crippen LogP contribution < -0.4 is 5.43 Å². The molecule has 3 nitrogen and oxygen atoms in total. The molecule has 0 unspecified atom stereocenters. The van der Waals surface area contributed by atoms with Crippen LogP contribution in [0.15, 0.2) is 16.3 Å². The van der Waals surface area contributed by atoms with Gasteiger partial charge in [-0.25, -0.2) is 10.4 Å². The van der Waals surface area contributed by atoms with Gasteiger partial charge in [0.25, 0.3) is 0 Å². The molecule has 1 N–H and O–H groups in total. The van der Waals surface area contributed by atoms with Crippen LogP contribution in [0.3, 0.4) is 0 Å². The molecule has 0 radical (unpaired) electrons. The van der Waals surface area contributed by atoms with Gasteiger partial charge in [0.1, 0.15) is 5.16 Å². The van der Waals surface area contributed by atoms with Crippen molar-refractivity contribution in [2.75, 3.05) is 13.6 Å². The van der Waals surface area contributed by atoms with Gasteiger partial charge in [0.2, 0.25) is 0 Å². The first-order valence-electron chi connectivity index (χ1n) is 2.67. The van der Waals surface area contributed by atoms with Crippen LogP contribution in [0.5, 0.6) is 0 Å². The Morgan fingerprint density at radius 2 is 2.67 bits per heavy atom. The van der Waals surface area contributed by atoms with Crippen molar-refractivity contribution < 1.29 is 0 Å². The average Bonchev–Trinajstić information content (AvgIpc) is 1.88. The Labute approximate surface area is 59.0 Å². The highest BCUT2D eigenvalue weighted by atomic mass is 35.5. The maximum absolute atomic E-state index is 5.57. The monoisotopic (exact) mass is 145 g/mol. The quantitative estimate of drug-likeness (QED) is 0.546. The van der Waals surface area contributed by atoms with Crippen molar-refractivity contribution in [1.29, 1.82) is 0 Å². The highest BCUT2D eigenvalue weighted by molar-refractivity contribution is 6.29.